The molecule has 4 heteroatoms. The Labute approximate surface area is 107 Å². The average molecular weight is 246 g/mol. The van der Waals surface area contributed by atoms with Gasteiger partial charge < -0.3 is 11.1 Å². The van der Waals surface area contributed by atoms with Gasteiger partial charge >= 0.3 is 0 Å². The Hall–Kier alpha value is -1.84. The lowest BCUT2D eigenvalue weighted by atomic mass is 10.1. The highest BCUT2D eigenvalue weighted by atomic mass is 16.2. The molecule has 0 radical (unpaired) electrons. The number of hydrogen-bond acceptors (Lipinski definition) is 2. The third-order valence-corrected chi connectivity index (χ3v) is 3.42. The van der Waals surface area contributed by atoms with E-state index in [-0.39, 0.29) is 17.7 Å². The van der Waals surface area contributed by atoms with Gasteiger partial charge in [0.25, 0.3) is 0 Å². The molecule has 3 atom stereocenters. The second kappa shape index (κ2) is 5.21. The molecule has 1 saturated carbocycles. The fourth-order valence-corrected chi connectivity index (χ4v) is 2.21. The van der Waals surface area contributed by atoms with Crippen molar-refractivity contribution in [2.24, 2.45) is 11.7 Å². The van der Waals surface area contributed by atoms with Gasteiger partial charge in [-0.25, -0.2) is 0 Å². The molecule has 1 aliphatic carbocycles. The average Bonchev–Trinajstić information content (AvgIpc) is 3.16. The van der Waals surface area contributed by atoms with Gasteiger partial charge in [0.2, 0.25) is 11.8 Å². The van der Waals surface area contributed by atoms with E-state index in [0.29, 0.717) is 6.42 Å². The van der Waals surface area contributed by atoms with Crippen molar-refractivity contribution < 1.29 is 9.59 Å². The molecule has 3 N–H and O–H groups in total. The highest BCUT2D eigenvalue weighted by molar-refractivity contribution is 5.89. The molecule has 1 fully saturated rings. The maximum atomic E-state index is 11.9. The van der Waals surface area contributed by atoms with Crippen molar-refractivity contribution in [3.63, 3.8) is 0 Å². The van der Waals surface area contributed by atoms with Crippen LogP contribution in [-0.4, -0.2) is 17.9 Å². The van der Waals surface area contributed by atoms with E-state index in [1.165, 1.54) is 5.56 Å². The van der Waals surface area contributed by atoms with Crippen LogP contribution in [0.4, 0.5) is 0 Å². The van der Waals surface area contributed by atoms with Crippen LogP contribution < -0.4 is 11.1 Å². The van der Waals surface area contributed by atoms with Gasteiger partial charge in [-0.15, -0.1) is 0 Å². The zero-order chi connectivity index (χ0) is 13.1. The Morgan fingerprint density at radius 3 is 2.61 bits per heavy atom. The third kappa shape index (κ3) is 2.70. The van der Waals surface area contributed by atoms with E-state index in [9.17, 15) is 9.59 Å². The standard InChI is InChI=1S/C14H18N2O2/c1-2-12(13(15)17)16-14(18)11-8-10(11)9-6-4-3-5-7-9/h3-7,10-12H,2,8H2,1H3,(H2,15,17)(H,16,18). The first kappa shape index (κ1) is 12.6. The van der Waals surface area contributed by atoms with Gasteiger partial charge in [-0.2, -0.15) is 0 Å². The summed E-state index contributed by atoms with van der Waals surface area (Å²) in [6.07, 6.45) is 1.38. The first-order chi connectivity index (χ1) is 8.63. The predicted molar refractivity (Wildman–Crippen MR) is 68.7 cm³/mol. The van der Waals surface area contributed by atoms with E-state index < -0.39 is 11.9 Å². The second-order valence-electron chi connectivity index (χ2n) is 4.73. The quantitative estimate of drug-likeness (QED) is 0.818. The smallest absolute Gasteiger partial charge is 0.239 e. The van der Waals surface area contributed by atoms with Crippen molar-refractivity contribution in [2.45, 2.75) is 31.7 Å². The number of carbonyl (C=O) groups excluding carboxylic acids is 2. The summed E-state index contributed by atoms with van der Waals surface area (Å²) in [6.45, 7) is 1.83. The highest BCUT2D eigenvalue weighted by Gasteiger charge is 2.44. The Kier molecular flexibility index (Phi) is 3.65. The second-order valence-corrected chi connectivity index (χ2v) is 4.73. The van der Waals surface area contributed by atoms with Crippen LogP contribution in [-0.2, 0) is 9.59 Å². The molecule has 1 aromatic carbocycles. The molecular weight excluding hydrogens is 228 g/mol. The molecule has 2 rings (SSSR count). The highest BCUT2D eigenvalue weighted by Crippen LogP contribution is 2.47. The van der Waals surface area contributed by atoms with Gasteiger partial charge in [0, 0.05) is 5.92 Å². The first-order valence-electron chi connectivity index (χ1n) is 6.28. The lowest BCUT2D eigenvalue weighted by molar-refractivity contribution is -0.128. The van der Waals surface area contributed by atoms with Gasteiger partial charge in [-0.05, 0) is 24.3 Å². The topological polar surface area (TPSA) is 72.2 Å². The van der Waals surface area contributed by atoms with Crippen LogP contribution in [0.1, 0.15) is 31.2 Å². The lowest BCUT2D eigenvalue weighted by Crippen LogP contribution is -2.44. The van der Waals surface area contributed by atoms with Gasteiger partial charge in [-0.3, -0.25) is 9.59 Å². The van der Waals surface area contributed by atoms with Crippen LogP contribution in [0.5, 0.6) is 0 Å². The van der Waals surface area contributed by atoms with Crippen molar-refractivity contribution in [3.05, 3.63) is 35.9 Å². The fourth-order valence-electron chi connectivity index (χ4n) is 2.21. The molecule has 1 aromatic rings. The summed E-state index contributed by atoms with van der Waals surface area (Å²) in [7, 11) is 0. The summed E-state index contributed by atoms with van der Waals surface area (Å²) in [5.74, 6) is -0.255. The van der Waals surface area contributed by atoms with Gasteiger partial charge in [0.1, 0.15) is 6.04 Å². The normalized spacial score (nSPS) is 23.2. The van der Waals surface area contributed by atoms with E-state index >= 15 is 0 Å². The monoisotopic (exact) mass is 246 g/mol. The number of nitrogens with one attached hydrogen (secondary N) is 1. The number of rotatable bonds is 5. The van der Waals surface area contributed by atoms with Crippen LogP contribution in [0, 0.1) is 5.92 Å². The summed E-state index contributed by atoms with van der Waals surface area (Å²) in [5, 5.41) is 2.71. The maximum absolute atomic E-state index is 11.9. The summed E-state index contributed by atoms with van der Waals surface area (Å²) < 4.78 is 0. The number of primary amides is 1. The Bertz CT molecular complexity index is 444. The van der Waals surface area contributed by atoms with E-state index in [1.807, 2.05) is 37.3 Å². The predicted octanol–water partition coefficient (Wildman–Crippen LogP) is 1.17. The van der Waals surface area contributed by atoms with E-state index in [1.54, 1.807) is 0 Å². The van der Waals surface area contributed by atoms with Gasteiger partial charge in [0.15, 0.2) is 0 Å². The van der Waals surface area contributed by atoms with Gasteiger partial charge in [-0.1, -0.05) is 37.3 Å². The molecule has 0 aromatic heterocycles. The molecule has 0 heterocycles. The van der Waals surface area contributed by atoms with Crippen molar-refractivity contribution in [3.8, 4) is 0 Å². The minimum atomic E-state index is -0.547. The van der Waals surface area contributed by atoms with E-state index in [2.05, 4.69) is 5.32 Å². The molecular formula is C14H18N2O2. The summed E-state index contributed by atoms with van der Waals surface area (Å²) in [5.41, 5.74) is 6.39. The van der Waals surface area contributed by atoms with E-state index in [0.717, 1.165) is 6.42 Å². The lowest BCUT2D eigenvalue weighted by Gasteiger charge is -2.13. The maximum Gasteiger partial charge on any atom is 0.239 e. The number of amides is 2. The molecule has 3 unspecified atom stereocenters. The molecule has 0 bridgehead atoms. The SMILES string of the molecule is CCC(NC(=O)C1CC1c1ccccc1)C(N)=O. The molecule has 1 aliphatic rings. The zero-order valence-corrected chi connectivity index (χ0v) is 10.4. The summed E-state index contributed by atoms with van der Waals surface area (Å²) >= 11 is 0. The number of carbonyl (C=O) groups is 2. The molecule has 0 saturated heterocycles. The van der Waals surface area contributed by atoms with Gasteiger partial charge in [0.05, 0.1) is 0 Å². The fraction of sp³-hybridized carbons (Fsp3) is 0.429. The Morgan fingerprint density at radius 2 is 2.06 bits per heavy atom. The van der Waals surface area contributed by atoms with Crippen LogP contribution in [0.2, 0.25) is 0 Å². The molecule has 4 nitrogen and oxygen atoms in total. The van der Waals surface area contributed by atoms with Crippen molar-refractivity contribution in [1.29, 1.82) is 0 Å². The minimum absolute atomic E-state index is 0.0131. The van der Waals surface area contributed by atoms with Crippen LogP contribution >= 0.6 is 0 Å². The molecule has 0 spiro atoms. The number of benzene rings is 1. The third-order valence-electron chi connectivity index (χ3n) is 3.42. The van der Waals surface area contributed by atoms with Crippen LogP contribution in [0.3, 0.4) is 0 Å². The number of hydrogen-bond donors (Lipinski definition) is 2. The molecule has 18 heavy (non-hydrogen) atoms. The molecule has 96 valence electrons. The number of nitrogens with two attached hydrogens (primary N) is 1. The van der Waals surface area contributed by atoms with Crippen molar-refractivity contribution in [1.82, 2.24) is 5.32 Å². The Balaban J connectivity index is 1.92. The van der Waals surface area contributed by atoms with Crippen molar-refractivity contribution >= 4 is 11.8 Å². The summed E-state index contributed by atoms with van der Waals surface area (Å²) in [6, 6.07) is 9.42. The molecule has 0 aliphatic heterocycles. The Morgan fingerprint density at radius 1 is 1.39 bits per heavy atom. The zero-order valence-electron chi connectivity index (χ0n) is 10.4. The minimum Gasteiger partial charge on any atom is -0.368 e. The largest absolute Gasteiger partial charge is 0.368 e. The van der Waals surface area contributed by atoms with Crippen LogP contribution in [0.15, 0.2) is 30.3 Å². The van der Waals surface area contributed by atoms with E-state index in [4.69, 9.17) is 5.73 Å². The molecule has 2 amide bonds. The van der Waals surface area contributed by atoms with Crippen LogP contribution in [0.25, 0.3) is 0 Å². The first-order valence-corrected chi connectivity index (χ1v) is 6.28. The summed E-state index contributed by atoms with van der Waals surface area (Å²) in [4.78, 5) is 23.0. The van der Waals surface area contributed by atoms with Crippen molar-refractivity contribution in [2.75, 3.05) is 0 Å².